The first-order valence-electron chi connectivity index (χ1n) is 5.84. The van der Waals surface area contributed by atoms with Crippen molar-refractivity contribution in [3.8, 4) is 5.88 Å². The van der Waals surface area contributed by atoms with Crippen molar-refractivity contribution in [3.05, 3.63) is 22.3 Å². The average molecular weight is 301 g/mol. The van der Waals surface area contributed by atoms with Crippen molar-refractivity contribution in [1.29, 1.82) is 0 Å². The van der Waals surface area contributed by atoms with Crippen LogP contribution in [0.5, 0.6) is 5.88 Å². The smallest absolute Gasteiger partial charge is 0.216 e. The molecule has 0 aromatic carbocycles. The van der Waals surface area contributed by atoms with E-state index in [0.717, 1.165) is 16.5 Å². The van der Waals surface area contributed by atoms with Gasteiger partial charge in [0, 0.05) is 21.8 Å². The summed E-state index contributed by atoms with van der Waals surface area (Å²) in [5.74, 6) is 1.22. The van der Waals surface area contributed by atoms with E-state index in [1.165, 1.54) is 0 Å². The predicted octanol–water partition coefficient (Wildman–Crippen LogP) is 3.29. The van der Waals surface area contributed by atoms with E-state index < -0.39 is 0 Å². The highest BCUT2D eigenvalue weighted by atomic mass is 79.9. The molecule has 1 heterocycles. The van der Waals surface area contributed by atoms with Gasteiger partial charge in [0.15, 0.2) is 0 Å². The molecule has 2 N–H and O–H groups in total. The van der Waals surface area contributed by atoms with Crippen LogP contribution in [0.2, 0.25) is 0 Å². The van der Waals surface area contributed by atoms with Gasteiger partial charge in [-0.1, -0.05) is 13.8 Å². The molecule has 4 heteroatoms. The Hall–Kier alpha value is -0.610. The molecule has 0 amide bonds. The normalized spacial score (nSPS) is 14.8. The van der Waals surface area contributed by atoms with Gasteiger partial charge < -0.3 is 10.5 Å². The second-order valence-electron chi connectivity index (χ2n) is 5.32. The minimum Gasteiger partial charge on any atom is -0.476 e. The number of pyridine rings is 1. The highest BCUT2D eigenvalue weighted by Crippen LogP contribution is 2.21. The molecule has 0 radical (unpaired) electrons. The van der Waals surface area contributed by atoms with E-state index in [1.54, 1.807) is 6.20 Å². The first kappa shape index (κ1) is 14.5. The lowest BCUT2D eigenvalue weighted by molar-refractivity contribution is 0.199. The molecular weight excluding hydrogens is 280 g/mol. The Morgan fingerprint density at radius 3 is 2.71 bits per heavy atom. The average Bonchev–Trinajstić information content (AvgIpc) is 2.14. The van der Waals surface area contributed by atoms with E-state index in [0.29, 0.717) is 18.4 Å². The summed E-state index contributed by atoms with van der Waals surface area (Å²) in [7, 11) is 0. The molecule has 0 unspecified atom stereocenters. The van der Waals surface area contributed by atoms with E-state index in [2.05, 4.69) is 34.8 Å². The van der Waals surface area contributed by atoms with E-state index in [-0.39, 0.29) is 5.54 Å². The van der Waals surface area contributed by atoms with E-state index in [1.807, 2.05) is 19.9 Å². The number of rotatable bonds is 5. The van der Waals surface area contributed by atoms with Crippen molar-refractivity contribution in [2.75, 3.05) is 6.61 Å². The third-order valence-corrected chi connectivity index (χ3v) is 2.84. The van der Waals surface area contributed by atoms with E-state index >= 15 is 0 Å². The number of nitrogens with zero attached hydrogens (tertiary/aromatic N) is 1. The monoisotopic (exact) mass is 300 g/mol. The molecule has 0 saturated heterocycles. The number of halogens is 1. The Labute approximate surface area is 112 Å². The van der Waals surface area contributed by atoms with Crippen LogP contribution in [0.3, 0.4) is 0 Å². The summed E-state index contributed by atoms with van der Waals surface area (Å²) in [5, 5.41) is 0. The van der Waals surface area contributed by atoms with Gasteiger partial charge in [-0.3, -0.25) is 0 Å². The van der Waals surface area contributed by atoms with Gasteiger partial charge in [-0.25, -0.2) is 4.98 Å². The molecule has 0 fully saturated rings. The lowest BCUT2D eigenvalue weighted by atomic mass is 9.93. The molecule has 1 aromatic rings. The Morgan fingerprint density at radius 2 is 2.18 bits per heavy atom. The quantitative estimate of drug-likeness (QED) is 0.908. The summed E-state index contributed by atoms with van der Waals surface area (Å²) >= 11 is 3.38. The number of nitrogens with two attached hydrogens (primary N) is 1. The predicted molar refractivity (Wildman–Crippen MR) is 74.2 cm³/mol. The number of hydrogen-bond donors (Lipinski definition) is 1. The Morgan fingerprint density at radius 1 is 1.53 bits per heavy atom. The van der Waals surface area contributed by atoms with Gasteiger partial charge in [0.05, 0.1) is 0 Å². The zero-order valence-corrected chi connectivity index (χ0v) is 12.5. The highest BCUT2D eigenvalue weighted by molar-refractivity contribution is 9.10. The second kappa shape index (κ2) is 5.83. The van der Waals surface area contributed by atoms with E-state index in [4.69, 9.17) is 10.5 Å². The van der Waals surface area contributed by atoms with Crippen LogP contribution in [0.15, 0.2) is 16.7 Å². The maximum absolute atomic E-state index is 6.18. The summed E-state index contributed by atoms with van der Waals surface area (Å²) in [6.07, 6.45) is 2.67. The molecule has 0 saturated carbocycles. The van der Waals surface area contributed by atoms with Gasteiger partial charge in [0.2, 0.25) is 5.88 Å². The molecule has 1 aromatic heterocycles. The SMILES string of the molecule is Cc1cc(Br)cnc1OC[C@@](C)(N)CC(C)C. The van der Waals surface area contributed by atoms with Crippen LogP contribution in [0.25, 0.3) is 0 Å². The molecule has 0 aliphatic rings. The van der Waals surface area contributed by atoms with Gasteiger partial charge in [-0.2, -0.15) is 0 Å². The van der Waals surface area contributed by atoms with Crippen LogP contribution >= 0.6 is 15.9 Å². The molecule has 3 nitrogen and oxygen atoms in total. The summed E-state index contributed by atoms with van der Waals surface area (Å²) < 4.78 is 6.66. The molecule has 96 valence electrons. The fourth-order valence-corrected chi connectivity index (χ4v) is 2.35. The number of aromatic nitrogens is 1. The lowest BCUT2D eigenvalue weighted by Crippen LogP contribution is -2.43. The van der Waals surface area contributed by atoms with Crippen molar-refractivity contribution >= 4 is 15.9 Å². The first-order chi connectivity index (χ1) is 7.80. The Balaban J connectivity index is 2.61. The summed E-state index contributed by atoms with van der Waals surface area (Å²) in [5.41, 5.74) is 6.89. The summed E-state index contributed by atoms with van der Waals surface area (Å²) in [6.45, 7) is 8.80. The lowest BCUT2D eigenvalue weighted by Gasteiger charge is -2.26. The first-order valence-corrected chi connectivity index (χ1v) is 6.63. The maximum Gasteiger partial charge on any atom is 0.216 e. The van der Waals surface area contributed by atoms with Crippen LogP contribution in [-0.4, -0.2) is 17.1 Å². The standard InChI is InChI=1S/C13H21BrN2O/c1-9(2)6-13(4,15)8-17-12-10(3)5-11(14)7-16-12/h5,7,9H,6,8,15H2,1-4H3/t13-/m0/s1. The van der Waals surface area contributed by atoms with Gasteiger partial charge in [0.1, 0.15) is 6.61 Å². The van der Waals surface area contributed by atoms with Crippen LogP contribution < -0.4 is 10.5 Å². The largest absolute Gasteiger partial charge is 0.476 e. The molecule has 17 heavy (non-hydrogen) atoms. The molecule has 0 aliphatic carbocycles. The maximum atomic E-state index is 6.18. The fourth-order valence-electron chi connectivity index (χ4n) is 1.90. The van der Waals surface area contributed by atoms with Gasteiger partial charge in [-0.05, 0) is 48.2 Å². The summed E-state index contributed by atoms with van der Waals surface area (Å²) in [4.78, 5) is 4.24. The number of ether oxygens (including phenoxy) is 1. The molecule has 0 spiro atoms. The summed E-state index contributed by atoms with van der Waals surface area (Å²) in [6, 6.07) is 1.98. The van der Waals surface area contributed by atoms with Gasteiger partial charge in [-0.15, -0.1) is 0 Å². The highest BCUT2D eigenvalue weighted by Gasteiger charge is 2.21. The Kier molecular flexibility index (Phi) is 4.95. The van der Waals surface area contributed by atoms with Crippen molar-refractivity contribution in [2.24, 2.45) is 11.7 Å². The minimum absolute atomic E-state index is 0.310. The van der Waals surface area contributed by atoms with Crippen LogP contribution in [0, 0.1) is 12.8 Å². The molecular formula is C13H21BrN2O. The fraction of sp³-hybridized carbons (Fsp3) is 0.615. The third-order valence-electron chi connectivity index (χ3n) is 2.41. The molecule has 1 atom stereocenters. The third kappa shape index (κ3) is 5.04. The topological polar surface area (TPSA) is 48.1 Å². The van der Waals surface area contributed by atoms with Gasteiger partial charge in [0.25, 0.3) is 0 Å². The van der Waals surface area contributed by atoms with Gasteiger partial charge >= 0.3 is 0 Å². The molecule has 0 bridgehead atoms. The second-order valence-corrected chi connectivity index (χ2v) is 6.23. The molecule has 1 rings (SSSR count). The minimum atomic E-state index is -0.310. The zero-order chi connectivity index (χ0) is 13.1. The zero-order valence-electron chi connectivity index (χ0n) is 11.0. The molecule has 0 aliphatic heterocycles. The van der Waals surface area contributed by atoms with Crippen molar-refractivity contribution < 1.29 is 4.74 Å². The Bertz CT molecular complexity index is 378. The van der Waals surface area contributed by atoms with Crippen LogP contribution in [-0.2, 0) is 0 Å². The van der Waals surface area contributed by atoms with E-state index in [9.17, 15) is 0 Å². The number of aryl methyl sites for hydroxylation is 1. The van der Waals surface area contributed by atoms with Crippen LogP contribution in [0.4, 0.5) is 0 Å². The number of hydrogen-bond acceptors (Lipinski definition) is 3. The van der Waals surface area contributed by atoms with Crippen molar-refractivity contribution in [3.63, 3.8) is 0 Å². The van der Waals surface area contributed by atoms with Crippen molar-refractivity contribution in [2.45, 2.75) is 39.7 Å². The van der Waals surface area contributed by atoms with Crippen molar-refractivity contribution in [1.82, 2.24) is 4.98 Å². The van der Waals surface area contributed by atoms with Crippen LogP contribution in [0.1, 0.15) is 32.8 Å².